The quantitative estimate of drug-likeness (QED) is 0.140. The molecule has 70 heavy (non-hydrogen) atoms. The van der Waals surface area contributed by atoms with Crippen molar-refractivity contribution in [2.24, 2.45) is 0 Å². The van der Waals surface area contributed by atoms with E-state index < -0.39 is 0 Å². The van der Waals surface area contributed by atoms with Crippen LogP contribution in [-0.4, -0.2) is 4.57 Å². The molecule has 0 saturated carbocycles. The minimum Gasteiger partial charge on any atom is -0.309 e. The van der Waals surface area contributed by atoms with Crippen LogP contribution in [0.3, 0.4) is 0 Å². The molecular formula is C68H48N2. The zero-order valence-corrected chi connectivity index (χ0v) is 38.9. The molecule has 2 nitrogen and oxygen atoms in total. The van der Waals surface area contributed by atoms with Gasteiger partial charge in [0.25, 0.3) is 0 Å². The Labute approximate surface area is 409 Å². The average Bonchev–Trinajstić information content (AvgIpc) is 3.91. The highest BCUT2D eigenvalue weighted by atomic mass is 15.1. The fourth-order valence-electron chi connectivity index (χ4n) is 11.4. The van der Waals surface area contributed by atoms with Crippen LogP contribution >= 0.6 is 0 Å². The van der Waals surface area contributed by atoms with Crippen molar-refractivity contribution in [2.45, 2.75) is 12.3 Å². The molecule has 1 aromatic heterocycles. The van der Waals surface area contributed by atoms with Gasteiger partial charge in [-0.1, -0.05) is 224 Å². The highest BCUT2D eigenvalue weighted by Crippen LogP contribution is 2.57. The van der Waals surface area contributed by atoms with E-state index in [1.165, 1.54) is 83.0 Å². The lowest BCUT2D eigenvalue weighted by Gasteiger charge is -2.32. The second-order valence-corrected chi connectivity index (χ2v) is 18.5. The van der Waals surface area contributed by atoms with E-state index in [2.05, 4.69) is 289 Å². The number of para-hydroxylation sites is 3. The first-order valence-electron chi connectivity index (χ1n) is 24.3. The molecule has 1 heterocycles. The fraction of sp³-hybridized carbons (Fsp3) is 0.0294. The van der Waals surface area contributed by atoms with Gasteiger partial charge in [-0.05, 0) is 117 Å². The summed E-state index contributed by atoms with van der Waals surface area (Å²) in [6, 6.07) is 100. The summed E-state index contributed by atoms with van der Waals surface area (Å²) in [5.41, 5.74) is 22.4. The van der Waals surface area contributed by atoms with Gasteiger partial charge in [0, 0.05) is 38.7 Å². The van der Waals surface area contributed by atoms with Gasteiger partial charge >= 0.3 is 0 Å². The molecule has 0 radical (unpaired) electrons. The van der Waals surface area contributed by atoms with E-state index in [-0.39, 0.29) is 5.41 Å². The van der Waals surface area contributed by atoms with Crippen molar-refractivity contribution < 1.29 is 0 Å². The largest absolute Gasteiger partial charge is 0.309 e. The molecule has 0 bridgehead atoms. The lowest BCUT2D eigenvalue weighted by Crippen LogP contribution is -2.22. The molecule has 1 aliphatic carbocycles. The molecular weight excluding hydrogens is 845 g/mol. The maximum Gasteiger partial charge on any atom is 0.0547 e. The summed E-state index contributed by atoms with van der Waals surface area (Å²) >= 11 is 0. The van der Waals surface area contributed by atoms with Gasteiger partial charge in [-0.2, -0.15) is 0 Å². The molecule has 1 atom stereocenters. The van der Waals surface area contributed by atoms with Crippen LogP contribution < -0.4 is 4.90 Å². The number of anilines is 3. The molecule has 13 rings (SSSR count). The summed E-state index contributed by atoms with van der Waals surface area (Å²) in [4.78, 5) is 2.52. The van der Waals surface area contributed by atoms with Crippen molar-refractivity contribution >= 4 is 38.9 Å². The average molecular weight is 893 g/mol. The Balaban J connectivity index is 1.02. The van der Waals surface area contributed by atoms with Crippen molar-refractivity contribution in [1.29, 1.82) is 0 Å². The summed E-state index contributed by atoms with van der Waals surface area (Å²) in [5, 5.41) is 2.50. The van der Waals surface area contributed by atoms with Crippen molar-refractivity contribution in [3.63, 3.8) is 0 Å². The lowest BCUT2D eigenvalue weighted by atomic mass is 9.74. The first kappa shape index (κ1) is 41.2. The summed E-state index contributed by atoms with van der Waals surface area (Å²) in [7, 11) is 0. The molecule has 0 saturated heterocycles. The Morgan fingerprint density at radius 2 is 0.843 bits per heavy atom. The summed E-state index contributed by atoms with van der Waals surface area (Å²) in [6.45, 7) is 2.40. The minimum atomic E-state index is -0.354. The van der Waals surface area contributed by atoms with Crippen LogP contribution in [0.2, 0.25) is 0 Å². The predicted octanol–water partition coefficient (Wildman–Crippen LogP) is 18.3. The maximum absolute atomic E-state index is 2.52. The second-order valence-electron chi connectivity index (χ2n) is 18.5. The summed E-state index contributed by atoms with van der Waals surface area (Å²) < 4.78 is 2.40. The number of fused-ring (bicyclic) bond motifs is 6. The number of nitrogens with zero attached hydrogens (tertiary/aromatic N) is 2. The van der Waals surface area contributed by atoms with Crippen molar-refractivity contribution in [2.75, 3.05) is 4.90 Å². The van der Waals surface area contributed by atoms with Gasteiger partial charge in [0.15, 0.2) is 0 Å². The van der Waals surface area contributed by atoms with Crippen LogP contribution in [0.25, 0.3) is 83.1 Å². The third-order valence-electron chi connectivity index (χ3n) is 14.7. The first-order valence-corrected chi connectivity index (χ1v) is 24.3. The third-order valence-corrected chi connectivity index (χ3v) is 14.7. The number of hydrogen-bond acceptors (Lipinski definition) is 1. The lowest BCUT2D eigenvalue weighted by molar-refractivity contribution is 0.714. The standard InChI is InChI=1S/C68H48N2/c1-68(50-24-7-3-8-25-50)61-35-18-15-34-60(61)67-62(68)36-21-39-65(67)69(63-37-19-16-32-57(63)56-31-14-13-30-55(56)54-29-12-11-28-53(54)48-22-5-2-6-23-48)52-43-40-47(41-44-52)49-42-45-59-58-33-17-20-38-64(58)70(66(59)46-49)51-26-9-4-10-27-51/h2-46H,1H3. The van der Waals surface area contributed by atoms with Gasteiger partial charge in [-0.25, -0.2) is 0 Å². The zero-order chi connectivity index (χ0) is 46.6. The molecule has 12 aromatic rings. The number of rotatable bonds is 9. The zero-order valence-electron chi connectivity index (χ0n) is 38.9. The van der Waals surface area contributed by atoms with E-state index in [0.717, 1.165) is 33.9 Å². The highest BCUT2D eigenvalue weighted by Gasteiger charge is 2.42. The van der Waals surface area contributed by atoms with Gasteiger partial charge < -0.3 is 9.47 Å². The topological polar surface area (TPSA) is 8.17 Å². The minimum absolute atomic E-state index is 0.354. The van der Waals surface area contributed by atoms with E-state index in [1.54, 1.807) is 0 Å². The molecule has 0 N–H and O–H groups in total. The van der Waals surface area contributed by atoms with Gasteiger partial charge in [-0.3, -0.25) is 0 Å². The summed E-state index contributed by atoms with van der Waals surface area (Å²) in [6.07, 6.45) is 0. The van der Waals surface area contributed by atoms with E-state index >= 15 is 0 Å². The van der Waals surface area contributed by atoms with E-state index in [9.17, 15) is 0 Å². The molecule has 0 fully saturated rings. The fourth-order valence-corrected chi connectivity index (χ4v) is 11.4. The van der Waals surface area contributed by atoms with Gasteiger partial charge in [0.2, 0.25) is 0 Å². The molecule has 0 amide bonds. The molecule has 0 spiro atoms. The van der Waals surface area contributed by atoms with Crippen molar-refractivity contribution in [1.82, 2.24) is 4.57 Å². The highest BCUT2D eigenvalue weighted by molar-refractivity contribution is 6.10. The molecule has 11 aromatic carbocycles. The van der Waals surface area contributed by atoms with E-state index in [0.29, 0.717) is 0 Å². The third kappa shape index (κ3) is 6.64. The molecule has 1 unspecified atom stereocenters. The maximum atomic E-state index is 2.52. The Bertz CT molecular complexity index is 3890. The van der Waals surface area contributed by atoms with E-state index in [4.69, 9.17) is 0 Å². The second kappa shape index (κ2) is 17.0. The van der Waals surface area contributed by atoms with Gasteiger partial charge in [-0.15, -0.1) is 0 Å². The Morgan fingerprint density at radius 3 is 1.59 bits per heavy atom. The predicted molar refractivity (Wildman–Crippen MR) is 295 cm³/mol. The van der Waals surface area contributed by atoms with Crippen LogP contribution in [0, 0.1) is 0 Å². The smallest absolute Gasteiger partial charge is 0.0547 e. The molecule has 2 heteroatoms. The van der Waals surface area contributed by atoms with Crippen LogP contribution in [0.1, 0.15) is 23.6 Å². The van der Waals surface area contributed by atoms with Crippen molar-refractivity contribution in [3.8, 4) is 61.3 Å². The number of benzene rings is 11. The Kier molecular flexibility index (Phi) is 9.99. The van der Waals surface area contributed by atoms with Gasteiger partial charge in [0.1, 0.15) is 0 Å². The van der Waals surface area contributed by atoms with Crippen LogP contribution in [0.15, 0.2) is 273 Å². The number of hydrogen-bond donors (Lipinski definition) is 0. The monoisotopic (exact) mass is 892 g/mol. The molecule has 330 valence electrons. The first-order chi connectivity index (χ1) is 34.6. The normalized spacial score (nSPS) is 13.8. The summed E-state index contributed by atoms with van der Waals surface area (Å²) in [5.74, 6) is 0. The van der Waals surface area contributed by atoms with Crippen LogP contribution in [0.5, 0.6) is 0 Å². The molecule has 0 aliphatic heterocycles. The SMILES string of the molecule is CC1(c2ccccc2)c2ccccc2-c2c(N(c3ccc(-c4ccc5c6ccccc6n(-c6ccccc6)c5c4)cc3)c3ccccc3-c3ccccc3-c3ccccc3-c3ccccc3)cccc21. The van der Waals surface area contributed by atoms with Crippen LogP contribution in [-0.2, 0) is 5.41 Å². The Morgan fingerprint density at radius 1 is 0.329 bits per heavy atom. The number of aromatic nitrogens is 1. The van der Waals surface area contributed by atoms with E-state index in [1.807, 2.05) is 0 Å². The van der Waals surface area contributed by atoms with Crippen molar-refractivity contribution in [3.05, 3.63) is 290 Å². The van der Waals surface area contributed by atoms with Gasteiger partial charge in [0.05, 0.1) is 22.4 Å². The van der Waals surface area contributed by atoms with Crippen LogP contribution in [0.4, 0.5) is 17.1 Å². The Hall–Kier alpha value is -8.98. The molecule has 1 aliphatic rings.